The van der Waals surface area contributed by atoms with Crippen LogP contribution in [0, 0.1) is 9.52 Å². The van der Waals surface area contributed by atoms with E-state index >= 15 is 0 Å². The van der Waals surface area contributed by atoms with E-state index in [9.17, 15) is 9.18 Å². The number of anilines is 1. The molecule has 0 aliphatic heterocycles. The minimum Gasteiger partial charge on any atom is -0.322 e. The first-order chi connectivity index (χ1) is 8.15. The van der Waals surface area contributed by atoms with Crippen molar-refractivity contribution in [2.45, 2.75) is 0 Å². The number of rotatable bonds is 2. The molecule has 1 amide bonds. The largest absolute Gasteiger partial charge is 0.322 e. The molecule has 0 saturated carbocycles. The van der Waals surface area contributed by atoms with Gasteiger partial charge in [0.15, 0.2) is 0 Å². The van der Waals surface area contributed by atoms with Crippen LogP contribution in [0.1, 0.15) is 10.4 Å². The van der Waals surface area contributed by atoms with Gasteiger partial charge in [0.25, 0.3) is 5.91 Å². The van der Waals surface area contributed by atoms with Gasteiger partial charge in [-0.1, -0.05) is 0 Å². The van der Waals surface area contributed by atoms with E-state index in [1.807, 2.05) is 0 Å². The summed E-state index contributed by atoms with van der Waals surface area (Å²) in [5, 5.41) is 2.66. The molecule has 1 aromatic carbocycles. The Balaban J connectivity index is 2.11. The molecule has 0 aliphatic rings. The zero-order valence-electron chi connectivity index (χ0n) is 8.65. The molecule has 0 unspecified atom stereocenters. The molecular formula is C12H8FIN2O. The first kappa shape index (κ1) is 12.0. The van der Waals surface area contributed by atoms with Crippen molar-refractivity contribution < 1.29 is 9.18 Å². The van der Waals surface area contributed by atoms with E-state index in [1.54, 1.807) is 12.1 Å². The normalized spacial score (nSPS) is 10.0. The van der Waals surface area contributed by atoms with Crippen LogP contribution >= 0.6 is 22.6 Å². The highest BCUT2D eigenvalue weighted by Gasteiger charge is 2.06. The van der Waals surface area contributed by atoms with Crippen molar-refractivity contribution in [1.29, 1.82) is 0 Å². The molecule has 0 spiro atoms. The third kappa shape index (κ3) is 3.23. The molecule has 2 rings (SSSR count). The molecule has 3 nitrogen and oxygen atoms in total. The maximum atomic E-state index is 12.7. The van der Waals surface area contributed by atoms with Crippen LogP contribution in [0.25, 0.3) is 0 Å². The summed E-state index contributed by atoms with van der Waals surface area (Å²) in [6.45, 7) is 0. The lowest BCUT2D eigenvalue weighted by atomic mass is 10.2. The number of benzene rings is 1. The number of halogens is 2. The smallest absolute Gasteiger partial charge is 0.257 e. The van der Waals surface area contributed by atoms with Crippen LogP contribution in [0.3, 0.4) is 0 Å². The molecule has 5 heteroatoms. The van der Waals surface area contributed by atoms with Crippen LogP contribution < -0.4 is 5.32 Å². The Hall–Kier alpha value is -1.50. The second-order valence-electron chi connectivity index (χ2n) is 3.33. The number of carbonyl (C=O) groups is 1. The van der Waals surface area contributed by atoms with E-state index in [0.717, 1.165) is 3.70 Å². The summed E-state index contributed by atoms with van der Waals surface area (Å²) in [5.74, 6) is -0.598. The molecule has 1 heterocycles. The van der Waals surface area contributed by atoms with Gasteiger partial charge in [-0.25, -0.2) is 9.37 Å². The monoisotopic (exact) mass is 342 g/mol. The van der Waals surface area contributed by atoms with Crippen LogP contribution in [0.5, 0.6) is 0 Å². The van der Waals surface area contributed by atoms with Crippen LogP contribution in [0.15, 0.2) is 42.6 Å². The molecule has 0 aliphatic carbocycles. The maximum absolute atomic E-state index is 12.7. The van der Waals surface area contributed by atoms with Gasteiger partial charge in [-0.15, -0.1) is 0 Å². The lowest BCUT2D eigenvalue weighted by molar-refractivity contribution is 0.102. The first-order valence-electron chi connectivity index (χ1n) is 4.83. The topological polar surface area (TPSA) is 42.0 Å². The third-order valence-corrected chi connectivity index (χ3v) is 2.73. The fraction of sp³-hybridized carbons (Fsp3) is 0. The molecule has 1 N–H and O–H groups in total. The quantitative estimate of drug-likeness (QED) is 0.673. The number of carbonyl (C=O) groups excluding carboxylic acids is 1. The predicted molar refractivity (Wildman–Crippen MR) is 71.3 cm³/mol. The number of aromatic nitrogens is 1. The van der Waals surface area contributed by atoms with Gasteiger partial charge >= 0.3 is 0 Å². The Bertz CT molecular complexity index is 525. The number of pyridine rings is 1. The average Bonchev–Trinajstić information content (AvgIpc) is 2.33. The van der Waals surface area contributed by atoms with Crippen molar-refractivity contribution in [3.63, 3.8) is 0 Å². The maximum Gasteiger partial charge on any atom is 0.257 e. The summed E-state index contributed by atoms with van der Waals surface area (Å²) >= 11 is 2.06. The van der Waals surface area contributed by atoms with Crippen LogP contribution in [0.2, 0.25) is 0 Å². The van der Waals surface area contributed by atoms with Crippen LogP contribution in [-0.4, -0.2) is 10.9 Å². The molecule has 0 bridgehead atoms. The third-order valence-electron chi connectivity index (χ3n) is 2.09. The molecule has 17 heavy (non-hydrogen) atoms. The molecule has 0 radical (unpaired) electrons. The Labute approximate surface area is 111 Å². The fourth-order valence-corrected chi connectivity index (χ4v) is 1.57. The fourth-order valence-electron chi connectivity index (χ4n) is 1.25. The van der Waals surface area contributed by atoms with Gasteiger partial charge in [0.2, 0.25) is 0 Å². The van der Waals surface area contributed by atoms with E-state index in [2.05, 4.69) is 32.9 Å². The molecular weight excluding hydrogens is 334 g/mol. The summed E-state index contributed by atoms with van der Waals surface area (Å²) < 4.78 is 13.5. The highest BCUT2D eigenvalue weighted by atomic mass is 127. The van der Waals surface area contributed by atoms with Gasteiger partial charge in [-0.05, 0) is 59.0 Å². The van der Waals surface area contributed by atoms with Crippen molar-refractivity contribution in [3.8, 4) is 0 Å². The summed E-state index contributed by atoms with van der Waals surface area (Å²) in [6.07, 6.45) is 1.50. The van der Waals surface area contributed by atoms with Crippen LogP contribution in [0.4, 0.5) is 10.1 Å². The van der Waals surface area contributed by atoms with E-state index in [-0.39, 0.29) is 11.7 Å². The minimum atomic E-state index is -0.334. The van der Waals surface area contributed by atoms with Crippen molar-refractivity contribution in [3.05, 3.63) is 57.7 Å². The molecule has 86 valence electrons. The predicted octanol–water partition coefficient (Wildman–Crippen LogP) is 3.08. The van der Waals surface area contributed by atoms with Gasteiger partial charge in [-0.2, -0.15) is 0 Å². The van der Waals surface area contributed by atoms with E-state index in [0.29, 0.717) is 11.3 Å². The van der Waals surface area contributed by atoms with Gasteiger partial charge in [0.1, 0.15) is 9.52 Å². The first-order valence-corrected chi connectivity index (χ1v) is 5.91. The Morgan fingerprint density at radius 3 is 2.47 bits per heavy atom. The standard InChI is InChI=1S/C12H8FIN2O/c13-9-2-4-10(5-3-9)16-12(17)8-1-6-11(14)15-7-8/h1-7H,(H,16,17). The molecule has 1 aromatic heterocycles. The second-order valence-corrected chi connectivity index (χ2v) is 4.44. The Morgan fingerprint density at radius 2 is 1.88 bits per heavy atom. The van der Waals surface area contributed by atoms with E-state index in [4.69, 9.17) is 0 Å². The minimum absolute atomic E-state index is 0.263. The molecule has 2 aromatic rings. The number of nitrogens with zero attached hydrogens (tertiary/aromatic N) is 1. The van der Waals surface area contributed by atoms with Gasteiger partial charge in [0, 0.05) is 11.9 Å². The van der Waals surface area contributed by atoms with Crippen molar-refractivity contribution in [1.82, 2.24) is 4.98 Å². The van der Waals surface area contributed by atoms with Crippen molar-refractivity contribution >= 4 is 34.2 Å². The van der Waals surface area contributed by atoms with Crippen molar-refractivity contribution in [2.75, 3.05) is 5.32 Å². The van der Waals surface area contributed by atoms with Gasteiger partial charge in [0.05, 0.1) is 5.56 Å². The van der Waals surface area contributed by atoms with E-state index < -0.39 is 0 Å². The SMILES string of the molecule is O=C(Nc1ccc(F)cc1)c1ccc(I)nc1. The summed E-state index contributed by atoms with van der Waals surface area (Å²) in [5.41, 5.74) is 1.02. The highest BCUT2D eigenvalue weighted by molar-refractivity contribution is 14.1. The summed E-state index contributed by atoms with van der Waals surface area (Å²) in [7, 11) is 0. The zero-order chi connectivity index (χ0) is 12.3. The number of hydrogen-bond acceptors (Lipinski definition) is 2. The second kappa shape index (κ2) is 5.22. The van der Waals surface area contributed by atoms with Crippen LogP contribution in [-0.2, 0) is 0 Å². The number of hydrogen-bond donors (Lipinski definition) is 1. The van der Waals surface area contributed by atoms with Crippen molar-refractivity contribution in [2.24, 2.45) is 0 Å². The lowest BCUT2D eigenvalue weighted by Gasteiger charge is -2.04. The van der Waals surface area contributed by atoms with Gasteiger partial charge < -0.3 is 5.32 Å². The number of nitrogens with one attached hydrogen (secondary N) is 1. The van der Waals surface area contributed by atoms with E-state index in [1.165, 1.54) is 30.5 Å². The number of amides is 1. The van der Waals surface area contributed by atoms with Gasteiger partial charge in [-0.3, -0.25) is 4.79 Å². The molecule has 0 saturated heterocycles. The summed E-state index contributed by atoms with van der Waals surface area (Å²) in [4.78, 5) is 15.8. The molecule has 0 fully saturated rings. The zero-order valence-corrected chi connectivity index (χ0v) is 10.8. The average molecular weight is 342 g/mol. The summed E-state index contributed by atoms with van der Waals surface area (Å²) in [6, 6.07) is 9.04. The lowest BCUT2D eigenvalue weighted by Crippen LogP contribution is -2.12. The highest BCUT2D eigenvalue weighted by Crippen LogP contribution is 2.10. The Kier molecular flexibility index (Phi) is 3.68. The molecule has 0 atom stereocenters. The Morgan fingerprint density at radius 1 is 1.18 bits per heavy atom.